The van der Waals surface area contributed by atoms with Crippen molar-refractivity contribution in [1.82, 2.24) is 10.2 Å². The molecule has 1 fully saturated rings. The van der Waals surface area contributed by atoms with Gasteiger partial charge in [0, 0.05) is 50.5 Å². The molecule has 7 heteroatoms. The fourth-order valence-electron chi connectivity index (χ4n) is 2.59. The van der Waals surface area contributed by atoms with Gasteiger partial charge in [-0.1, -0.05) is 18.2 Å². The number of piperazine rings is 1. The van der Waals surface area contributed by atoms with Crippen LogP contribution >= 0.6 is 12.4 Å². The number of benzene rings is 1. The van der Waals surface area contributed by atoms with Crippen LogP contribution in [-0.2, 0) is 0 Å². The summed E-state index contributed by atoms with van der Waals surface area (Å²) in [6, 6.07) is 6.72. The molecule has 2 rings (SSSR count). The van der Waals surface area contributed by atoms with Crippen molar-refractivity contribution in [2.45, 2.75) is 12.5 Å². The lowest BCUT2D eigenvalue weighted by atomic mass is 9.99. The second kappa shape index (κ2) is 8.16. The Hall–Kier alpha value is -1.21. The highest BCUT2D eigenvalue weighted by Gasteiger charge is 2.27. The molecule has 6 nitrogen and oxygen atoms in total. The highest BCUT2D eigenvalue weighted by atomic mass is 35.5. The largest absolute Gasteiger partial charge is 0.396 e. The zero-order chi connectivity index (χ0) is 13.7. The van der Waals surface area contributed by atoms with Gasteiger partial charge < -0.3 is 10.4 Å². The number of aliphatic hydroxyl groups is 1. The van der Waals surface area contributed by atoms with Gasteiger partial charge in [-0.3, -0.25) is 15.0 Å². The number of nitro groups is 1. The van der Waals surface area contributed by atoms with Crippen molar-refractivity contribution in [3.05, 3.63) is 39.9 Å². The van der Waals surface area contributed by atoms with Gasteiger partial charge in [0.15, 0.2) is 0 Å². The first kappa shape index (κ1) is 16.8. The smallest absolute Gasteiger partial charge is 0.274 e. The summed E-state index contributed by atoms with van der Waals surface area (Å²) in [6.07, 6.45) is 0.519. The van der Waals surface area contributed by atoms with Gasteiger partial charge in [0.1, 0.15) is 0 Å². The predicted octanol–water partition coefficient (Wildman–Crippen LogP) is 1.35. The van der Waals surface area contributed by atoms with E-state index in [0.29, 0.717) is 12.0 Å². The minimum atomic E-state index is -0.345. The monoisotopic (exact) mass is 301 g/mol. The zero-order valence-corrected chi connectivity index (χ0v) is 12.0. The summed E-state index contributed by atoms with van der Waals surface area (Å²) in [5.41, 5.74) is 0.836. The van der Waals surface area contributed by atoms with E-state index in [2.05, 4.69) is 10.2 Å². The molecule has 0 aromatic heterocycles. The Morgan fingerprint density at radius 1 is 1.35 bits per heavy atom. The number of nitro benzene ring substituents is 1. The SMILES string of the molecule is Cl.O=[N+]([O-])c1ccccc1[C@@H](CCO)N1CCNCC1. The van der Waals surface area contributed by atoms with Crippen LogP contribution in [0.2, 0.25) is 0 Å². The Kier molecular flexibility index (Phi) is 6.87. The fourth-order valence-corrected chi connectivity index (χ4v) is 2.59. The van der Waals surface area contributed by atoms with Crippen molar-refractivity contribution in [2.24, 2.45) is 0 Å². The van der Waals surface area contributed by atoms with Crippen molar-refractivity contribution >= 4 is 18.1 Å². The number of hydrogen-bond acceptors (Lipinski definition) is 5. The Balaban J connectivity index is 0.00000200. The number of para-hydroxylation sites is 1. The van der Waals surface area contributed by atoms with Crippen LogP contribution in [0.4, 0.5) is 5.69 Å². The van der Waals surface area contributed by atoms with Crippen LogP contribution in [0.5, 0.6) is 0 Å². The van der Waals surface area contributed by atoms with Crippen molar-refractivity contribution in [1.29, 1.82) is 0 Å². The zero-order valence-electron chi connectivity index (χ0n) is 11.2. The molecule has 2 N–H and O–H groups in total. The van der Waals surface area contributed by atoms with E-state index >= 15 is 0 Å². The molecular formula is C13H20ClN3O3. The van der Waals surface area contributed by atoms with Gasteiger partial charge in [-0.05, 0) is 6.42 Å². The molecule has 1 aromatic rings. The second-order valence-corrected chi connectivity index (χ2v) is 4.63. The van der Waals surface area contributed by atoms with Crippen LogP contribution in [0, 0.1) is 10.1 Å². The molecule has 0 unspecified atom stereocenters. The van der Waals surface area contributed by atoms with Gasteiger partial charge in [-0.15, -0.1) is 12.4 Å². The molecule has 1 aromatic carbocycles. The van der Waals surface area contributed by atoms with Gasteiger partial charge >= 0.3 is 0 Å². The summed E-state index contributed by atoms with van der Waals surface area (Å²) in [6.45, 7) is 3.47. The lowest BCUT2D eigenvalue weighted by Gasteiger charge is -2.34. The summed E-state index contributed by atoms with van der Waals surface area (Å²) in [5, 5.41) is 23.6. The van der Waals surface area contributed by atoms with E-state index < -0.39 is 0 Å². The third-order valence-corrected chi connectivity index (χ3v) is 3.49. The van der Waals surface area contributed by atoms with Gasteiger partial charge in [0.2, 0.25) is 0 Å². The first-order valence-corrected chi connectivity index (χ1v) is 6.53. The first-order valence-electron chi connectivity index (χ1n) is 6.53. The maximum atomic E-state index is 11.1. The molecule has 1 atom stereocenters. The average Bonchev–Trinajstić information content (AvgIpc) is 2.45. The predicted molar refractivity (Wildman–Crippen MR) is 79.2 cm³/mol. The van der Waals surface area contributed by atoms with Crippen LogP contribution in [-0.4, -0.2) is 47.7 Å². The fraction of sp³-hybridized carbons (Fsp3) is 0.538. The van der Waals surface area contributed by atoms with Gasteiger partial charge in [-0.2, -0.15) is 0 Å². The minimum absolute atomic E-state index is 0. The van der Waals surface area contributed by atoms with Crippen molar-refractivity contribution in [3.8, 4) is 0 Å². The maximum absolute atomic E-state index is 11.1. The molecular weight excluding hydrogens is 282 g/mol. The number of nitrogens with one attached hydrogen (secondary N) is 1. The second-order valence-electron chi connectivity index (χ2n) is 4.63. The van der Waals surface area contributed by atoms with Crippen LogP contribution in [0.25, 0.3) is 0 Å². The number of rotatable bonds is 5. The van der Waals surface area contributed by atoms with E-state index in [-0.39, 0.29) is 35.7 Å². The van der Waals surface area contributed by atoms with Crippen molar-refractivity contribution in [2.75, 3.05) is 32.8 Å². The summed E-state index contributed by atoms with van der Waals surface area (Å²) < 4.78 is 0. The van der Waals surface area contributed by atoms with Gasteiger partial charge in [0.05, 0.1) is 4.92 Å². The molecule has 20 heavy (non-hydrogen) atoms. The van der Waals surface area contributed by atoms with Crippen LogP contribution in [0.15, 0.2) is 24.3 Å². The summed E-state index contributed by atoms with van der Waals surface area (Å²) in [7, 11) is 0. The molecule has 0 amide bonds. The summed E-state index contributed by atoms with van der Waals surface area (Å²) >= 11 is 0. The lowest BCUT2D eigenvalue weighted by molar-refractivity contribution is -0.386. The van der Waals surface area contributed by atoms with Crippen LogP contribution in [0.3, 0.4) is 0 Å². The van der Waals surface area contributed by atoms with E-state index in [1.807, 2.05) is 6.07 Å². The quantitative estimate of drug-likeness (QED) is 0.634. The Labute approximate surface area is 124 Å². The lowest BCUT2D eigenvalue weighted by Crippen LogP contribution is -2.45. The average molecular weight is 302 g/mol. The number of halogens is 1. The number of aliphatic hydroxyl groups excluding tert-OH is 1. The molecule has 0 aliphatic carbocycles. The maximum Gasteiger partial charge on any atom is 0.274 e. The first-order chi connectivity index (χ1) is 9.24. The summed E-state index contributed by atoms with van der Waals surface area (Å²) in [5.74, 6) is 0. The van der Waals surface area contributed by atoms with Crippen LogP contribution in [0.1, 0.15) is 18.0 Å². The van der Waals surface area contributed by atoms with E-state index in [9.17, 15) is 15.2 Å². The molecule has 0 spiro atoms. The Bertz CT molecular complexity index is 439. The third kappa shape index (κ3) is 3.89. The Morgan fingerprint density at radius 3 is 2.60 bits per heavy atom. The van der Waals surface area contributed by atoms with Crippen molar-refractivity contribution < 1.29 is 10.0 Å². The van der Waals surface area contributed by atoms with E-state index in [1.165, 1.54) is 6.07 Å². The Morgan fingerprint density at radius 2 is 2.00 bits per heavy atom. The molecule has 112 valence electrons. The van der Waals surface area contributed by atoms with E-state index in [4.69, 9.17) is 0 Å². The van der Waals surface area contributed by atoms with Gasteiger partial charge in [-0.25, -0.2) is 0 Å². The number of hydrogen-bond donors (Lipinski definition) is 2. The highest BCUT2D eigenvalue weighted by Crippen LogP contribution is 2.31. The highest BCUT2D eigenvalue weighted by molar-refractivity contribution is 5.85. The van der Waals surface area contributed by atoms with E-state index in [1.54, 1.807) is 12.1 Å². The summed E-state index contributed by atoms with van der Waals surface area (Å²) in [4.78, 5) is 13.0. The standard InChI is InChI=1S/C13H19N3O3.ClH/c17-10-5-12(15-8-6-14-7-9-15)11-3-1-2-4-13(11)16(18)19;/h1-4,12,14,17H,5-10H2;1H/t12-;/m1./s1. The minimum Gasteiger partial charge on any atom is -0.396 e. The van der Waals surface area contributed by atoms with E-state index in [0.717, 1.165) is 26.2 Å². The molecule has 1 saturated heterocycles. The molecule has 1 heterocycles. The molecule has 1 aliphatic heterocycles. The topological polar surface area (TPSA) is 78.6 Å². The number of nitrogens with zero attached hydrogens (tertiary/aromatic N) is 2. The molecule has 0 radical (unpaired) electrons. The normalized spacial score (nSPS) is 17.2. The van der Waals surface area contributed by atoms with Gasteiger partial charge in [0.25, 0.3) is 5.69 Å². The van der Waals surface area contributed by atoms with Crippen LogP contribution < -0.4 is 5.32 Å². The molecule has 0 bridgehead atoms. The van der Waals surface area contributed by atoms with Crippen molar-refractivity contribution in [3.63, 3.8) is 0 Å². The molecule has 1 aliphatic rings. The molecule has 0 saturated carbocycles. The third-order valence-electron chi connectivity index (χ3n) is 3.49.